The Morgan fingerprint density at radius 2 is 2.10 bits per heavy atom. The summed E-state index contributed by atoms with van der Waals surface area (Å²) in [5.74, 6) is -1.61. The summed E-state index contributed by atoms with van der Waals surface area (Å²) in [4.78, 5) is 23.3. The summed E-state index contributed by atoms with van der Waals surface area (Å²) >= 11 is 5.93. The lowest BCUT2D eigenvalue weighted by Gasteiger charge is -2.13. The number of hydrogen-bond acceptors (Lipinski definition) is 4. The fourth-order valence-corrected chi connectivity index (χ4v) is 2.39. The third-order valence-electron chi connectivity index (χ3n) is 3.04. The average molecular weight is 297 g/mol. The predicted octanol–water partition coefficient (Wildman–Crippen LogP) is 1.11. The molecule has 0 unspecified atom stereocenters. The number of carbonyl (C=O) groups is 1. The number of rotatable bonds is 3. The third kappa shape index (κ3) is 2.18. The maximum Gasteiger partial charge on any atom is 0.222 e. The van der Waals surface area contributed by atoms with E-state index in [4.69, 9.17) is 17.3 Å². The van der Waals surface area contributed by atoms with E-state index in [2.05, 4.69) is 0 Å². The van der Waals surface area contributed by atoms with Gasteiger partial charge in [0.25, 0.3) is 0 Å². The van der Waals surface area contributed by atoms with E-state index in [0.29, 0.717) is 12.1 Å². The molecule has 0 saturated heterocycles. The molecule has 4 N–H and O–H groups in total. The van der Waals surface area contributed by atoms with Crippen LogP contribution in [-0.2, 0) is 17.8 Å². The highest BCUT2D eigenvalue weighted by molar-refractivity contribution is 6.37. The van der Waals surface area contributed by atoms with Crippen molar-refractivity contribution in [3.05, 3.63) is 33.1 Å². The summed E-state index contributed by atoms with van der Waals surface area (Å²) in [7, 11) is 0. The van der Waals surface area contributed by atoms with Crippen molar-refractivity contribution in [1.29, 1.82) is 0 Å². The number of hydrogen-bond donors (Lipinski definition) is 3. The topological polar surface area (TPSA) is 106 Å². The van der Waals surface area contributed by atoms with E-state index in [0.717, 1.165) is 0 Å². The molecule has 1 heterocycles. The van der Waals surface area contributed by atoms with E-state index in [1.807, 2.05) is 6.92 Å². The lowest BCUT2D eigenvalue weighted by atomic mass is 10.1. The highest BCUT2D eigenvalue weighted by atomic mass is 35.5. The highest BCUT2D eigenvalue weighted by Gasteiger charge is 2.18. The van der Waals surface area contributed by atoms with Gasteiger partial charge in [-0.2, -0.15) is 0 Å². The van der Waals surface area contributed by atoms with Crippen molar-refractivity contribution in [2.24, 2.45) is 5.73 Å². The molecule has 7 heteroatoms. The summed E-state index contributed by atoms with van der Waals surface area (Å²) in [5.41, 5.74) is 5.20. The average Bonchev–Trinajstić information content (AvgIpc) is 2.38. The zero-order valence-corrected chi connectivity index (χ0v) is 11.4. The van der Waals surface area contributed by atoms with Crippen LogP contribution in [0.5, 0.6) is 11.5 Å². The number of aromatic nitrogens is 1. The lowest BCUT2D eigenvalue weighted by molar-refractivity contribution is -0.117. The number of halogens is 1. The molecule has 0 spiro atoms. The highest BCUT2D eigenvalue weighted by Crippen LogP contribution is 2.38. The number of amides is 1. The molecule has 106 valence electrons. The number of pyridine rings is 1. The minimum absolute atomic E-state index is 0.0579. The minimum atomic E-state index is -0.636. The van der Waals surface area contributed by atoms with Crippen molar-refractivity contribution in [1.82, 2.24) is 4.57 Å². The Labute approximate surface area is 119 Å². The van der Waals surface area contributed by atoms with Gasteiger partial charge in [0, 0.05) is 24.4 Å². The summed E-state index contributed by atoms with van der Waals surface area (Å²) < 4.78 is 1.65. The summed E-state index contributed by atoms with van der Waals surface area (Å²) in [6.45, 7) is 2.32. The van der Waals surface area contributed by atoms with Gasteiger partial charge in [0.1, 0.15) is 0 Å². The number of aromatic hydroxyl groups is 2. The number of nitrogens with two attached hydrogens (primary N) is 1. The number of nitrogens with zero attached hydrogens (tertiary/aromatic N) is 1. The number of benzene rings is 1. The van der Waals surface area contributed by atoms with Crippen LogP contribution < -0.4 is 11.2 Å². The SMILES string of the molecule is CCn1cc(CC(N)=O)c(=O)c2c(Cl)c(O)c(O)cc21. The molecule has 1 aromatic carbocycles. The second-order valence-corrected chi connectivity index (χ2v) is 4.74. The Morgan fingerprint density at radius 1 is 1.45 bits per heavy atom. The normalized spacial score (nSPS) is 10.9. The van der Waals surface area contributed by atoms with Gasteiger partial charge in [-0.25, -0.2) is 0 Å². The second-order valence-electron chi connectivity index (χ2n) is 4.36. The van der Waals surface area contributed by atoms with Gasteiger partial charge in [0.05, 0.1) is 22.3 Å². The zero-order valence-electron chi connectivity index (χ0n) is 10.7. The molecule has 1 amide bonds. The molecule has 0 radical (unpaired) electrons. The Bertz CT molecular complexity index is 767. The first-order valence-corrected chi connectivity index (χ1v) is 6.29. The number of phenolic OH excluding ortho intramolecular Hbond substituents is 2. The third-order valence-corrected chi connectivity index (χ3v) is 3.41. The Morgan fingerprint density at radius 3 is 2.65 bits per heavy atom. The fourth-order valence-electron chi connectivity index (χ4n) is 2.11. The fraction of sp³-hybridized carbons (Fsp3) is 0.231. The van der Waals surface area contributed by atoms with Crippen LogP contribution in [0.3, 0.4) is 0 Å². The van der Waals surface area contributed by atoms with Gasteiger partial charge in [-0.05, 0) is 6.92 Å². The van der Waals surface area contributed by atoms with Crippen LogP contribution in [-0.4, -0.2) is 20.7 Å². The summed E-state index contributed by atoms with van der Waals surface area (Å²) in [5, 5.41) is 19.1. The van der Waals surface area contributed by atoms with Crippen LogP contribution in [0.1, 0.15) is 12.5 Å². The van der Waals surface area contributed by atoms with Crippen molar-refractivity contribution in [2.75, 3.05) is 0 Å². The maximum atomic E-state index is 12.3. The minimum Gasteiger partial charge on any atom is -0.504 e. The zero-order chi connectivity index (χ0) is 15.0. The monoisotopic (exact) mass is 296 g/mol. The molecule has 0 atom stereocenters. The molecule has 0 bridgehead atoms. The van der Waals surface area contributed by atoms with Crippen LogP contribution in [0.25, 0.3) is 10.9 Å². The molecule has 0 fully saturated rings. The molecule has 1 aromatic heterocycles. The number of fused-ring (bicyclic) bond motifs is 1. The Balaban J connectivity index is 2.94. The van der Waals surface area contributed by atoms with Gasteiger partial charge < -0.3 is 20.5 Å². The summed E-state index contributed by atoms with van der Waals surface area (Å²) in [6, 6.07) is 1.26. The van der Waals surface area contributed by atoms with Crippen LogP contribution >= 0.6 is 11.6 Å². The molecular weight excluding hydrogens is 284 g/mol. The van der Waals surface area contributed by atoms with Crippen LogP contribution in [0, 0.1) is 0 Å². The van der Waals surface area contributed by atoms with E-state index in [1.54, 1.807) is 4.57 Å². The van der Waals surface area contributed by atoms with Gasteiger partial charge in [-0.3, -0.25) is 9.59 Å². The second kappa shape index (κ2) is 5.05. The van der Waals surface area contributed by atoms with Crippen molar-refractivity contribution < 1.29 is 15.0 Å². The van der Waals surface area contributed by atoms with E-state index < -0.39 is 22.8 Å². The standard InChI is InChI=1S/C13H13ClN2O4/c1-2-16-5-6(3-9(15)18)12(19)10-7(16)4-8(17)13(20)11(10)14/h4-5,17,20H,2-3H2,1H3,(H2,15,18). The quantitative estimate of drug-likeness (QED) is 0.738. The lowest BCUT2D eigenvalue weighted by Crippen LogP contribution is -2.22. The molecule has 0 aliphatic carbocycles. The van der Waals surface area contributed by atoms with Crippen molar-refractivity contribution >= 4 is 28.4 Å². The molecular formula is C13H13ClN2O4. The first-order chi connectivity index (χ1) is 9.36. The van der Waals surface area contributed by atoms with Crippen LogP contribution in [0.15, 0.2) is 17.1 Å². The first-order valence-electron chi connectivity index (χ1n) is 5.91. The van der Waals surface area contributed by atoms with Gasteiger partial charge in [-0.1, -0.05) is 11.6 Å². The number of phenols is 2. The number of primary amides is 1. The first kappa shape index (κ1) is 14.2. The summed E-state index contributed by atoms with van der Waals surface area (Å²) in [6.07, 6.45) is 1.29. The number of carbonyl (C=O) groups excluding carboxylic acids is 1. The Kier molecular flexibility index (Phi) is 3.59. The van der Waals surface area contributed by atoms with E-state index in [9.17, 15) is 19.8 Å². The van der Waals surface area contributed by atoms with E-state index in [-0.39, 0.29) is 22.4 Å². The van der Waals surface area contributed by atoms with Crippen LogP contribution in [0.2, 0.25) is 5.02 Å². The van der Waals surface area contributed by atoms with Crippen LogP contribution in [0.4, 0.5) is 0 Å². The molecule has 0 aliphatic heterocycles. The molecule has 2 rings (SSSR count). The molecule has 0 aliphatic rings. The molecule has 2 aromatic rings. The largest absolute Gasteiger partial charge is 0.504 e. The van der Waals surface area contributed by atoms with Crippen molar-refractivity contribution in [2.45, 2.75) is 19.9 Å². The van der Waals surface area contributed by atoms with Gasteiger partial charge in [0.2, 0.25) is 5.91 Å². The molecule has 6 nitrogen and oxygen atoms in total. The van der Waals surface area contributed by atoms with Crippen molar-refractivity contribution in [3.8, 4) is 11.5 Å². The smallest absolute Gasteiger partial charge is 0.222 e. The predicted molar refractivity (Wildman–Crippen MR) is 75.1 cm³/mol. The maximum absolute atomic E-state index is 12.3. The molecule has 0 saturated carbocycles. The Hall–Kier alpha value is -2.21. The van der Waals surface area contributed by atoms with E-state index in [1.165, 1.54) is 12.3 Å². The van der Waals surface area contributed by atoms with Crippen molar-refractivity contribution in [3.63, 3.8) is 0 Å². The van der Waals surface area contributed by atoms with E-state index >= 15 is 0 Å². The molecule has 20 heavy (non-hydrogen) atoms. The van der Waals surface area contributed by atoms with Gasteiger partial charge >= 0.3 is 0 Å². The van der Waals surface area contributed by atoms with Gasteiger partial charge in [0.15, 0.2) is 16.9 Å². The number of aryl methyl sites for hydroxylation is 1. The van der Waals surface area contributed by atoms with Gasteiger partial charge in [-0.15, -0.1) is 0 Å².